The lowest BCUT2D eigenvalue weighted by molar-refractivity contribution is 0.283. The number of guanidine groups is 1. The molecule has 0 aliphatic heterocycles. The Labute approximate surface area is 93.1 Å². The van der Waals surface area contributed by atoms with Crippen LogP contribution in [0, 0.1) is 0 Å². The van der Waals surface area contributed by atoms with E-state index in [0.717, 1.165) is 39.1 Å². The number of nitrogens with two attached hydrogens (primary N) is 2. The van der Waals surface area contributed by atoms with Crippen molar-refractivity contribution >= 4 is 5.96 Å². The lowest BCUT2D eigenvalue weighted by Gasteiger charge is -2.23. The molecule has 90 valence electrons. The lowest BCUT2D eigenvalue weighted by atomic mass is 10.3. The summed E-state index contributed by atoms with van der Waals surface area (Å²) in [6.45, 7) is 11.5. The van der Waals surface area contributed by atoms with E-state index in [0.29, 0.717) is 5.96 Å². The molecule has 4 N–H and O–H groups in total. The fourth-order valence-electron chi connectivity index (χ4n) is 1.54. The van der Waals surface area contributed by atoms with Crippen molar-refractivity contribution in [1.29, 1.82) is 0 Å². The van der Waals surface area contributed by atoms with Crippen molar-refractivity contribution in [2.45, 2.75) is 27.2 Å². The van der Waals surface area contributed by atoms with Crippen molar-refractivity contribution in [1.82, 2.24) is 9.80 Å². The van der Waals surface area contributed by atoms with Gasteiger partial charge in [0.05, 0.1) is 0 Å². The average Bonchev–Trinajstić information content (AvgIpc) is 2.28. The van der Waals surface area contributed by atoms with E-state index in [-0.39, 0.29) is 0 Å². The quantitative estimate of drug-likeness (QED) is 0.276. The second-order valence-corrected chi connectivity index (χ2v) is 3.45. The molecule has 0 aliphatic carbocycles. The Bertz CT molecular complexity index is 177. The predicted octanol–water partition coefficient (Wildman–Crippen LogP) is 0.229. The SMILES string of the molecule is CCN(CC)CCCN(CC)C(N)=NN. The molecule has 15 heavy (non-hydrogen) atoms. The lowest BCUT2D eigenvalue weighted by Crippen LogP contribution is -2.39. The fourth-order valence-corrected chi connectivity index (χ4v) is 1.54. The summed E-state index contributed by atoms with van der Waals surface area (Å²) in [6, 6.07) is 0. The van der Waals surface area contributed by atoms with Gasteiger partial charge < -0.3 is 21.4 Å². The largest absolute Gasteiger partial charge is 0.368 e. The summed E-state index contributed by atoms with van der Waals surface area (Å²) >= 11 is 0. The van der Waals surface area contributed by atoms with E-state index in [1.165, 1.54) is 0 Å². The molecule has 0 saturated carbocycles. The van der Waals surface area contributed by atoms with Crippen LogP contribution in [0.15, 0.2) is 5.10 Å². The van der Waals surface area contributed by atoms with Gasteiger partial charge in [-0.15, -0.1) is 5.10 Å². The minimum absolute atomic E-state index is 0.428. The van der Waals surface area contributed by atoms with E-state index in [1.807, 2.05) is 4.90 Å². The molecule has 0 aromatic carbocycles. The highest BCUT2D eigenvalue weighted by atomic mass is 15.3. The molecule has 0 atom stereocenters. The van der Waals surface area contributed by atoms with Crippen molar-refractivity contribution in [3.05, 3.63) is 0 Å². The van der Waals surface area contributed by atoms with Crippen LogP contribution < -0.4 is 11.6 Å². The van der Waals surface area contributed by atoms with E-state index in [1.54, 1.807) is 0 Å². The van der Waals surface area contributed by atoms with Crippen LogP contribution in [0.3, 0.4) is 0 Å². The van der Waals surface area contributed by atoms with Crippen LogP contribution in [0.2, 0.25) is 0 Å². The van der Waals surface area contributed by atoms with Crippen molar-refractivity contribution in [3.8, 4) is 0 Å². The van der Waals surface area contributed by atoms with Crippen LogP contribution in [0.25, 0.3) is 0 Å². The van der Waals surface area contributed by atoms with Gasteiger partial charge in [-0.25, -0.2) is 0 Å². The standard InChI is InChI=1S/C10H25N5/c1-4-14(5-2)8-7-9-15(6-3)10(11)13-12/h4-9,12H2,1-3H3,(H2,11,13). The van der Waals surface area contributed by atoms with E-state index in [2.05, 4.69) is 30.8 Å². The van der Waals surface area contributed by atoms with Crippen LogP contribution in [0.4, 0.5) is 0 Å². The molecule has 0 aromatic rings. The molecule has 0 aliphatic rings. The number of nitrogens with zero attached hydrogens (tertiary/aromatic N) is 3. The van der Waals surface area contributed by atoms with E-state index < -0.39 is 0 Å². The monoisotopic (exact) mass is 215 g/mol. The van der Waals surface area contributed by atoms with Gasteiger partial charge in [-0.2, -0.15) is 0 Å². The van der Waals surface area contributed by atoms with Gasteiger partial charge in [0.25, 0.3) is 0 Å². The van der Waals surface area contributed by atoms with Gasteiger partial charge in [0, 0.05) is 13.1 Å². The third kappa shape index (κ3) is 5.47. The van der Waals surface area contributed by atoms with Crippen LogP contribution in [-0.4, -0.2) is 48.5 Å². The molecule has 0 fully saturated rings. The van der Waals surface area contributed by atoms with Crippen molar-refractivity contribution < 1.29 is 0 Å². The first-order valence-electron chi connectivity index (χ1n) is 5.70. The maximum absolute atomic E-state index is 5.65. The molecule has 0 aromatic heterocycles. The maximum atomic E-state index is 5.65. The number of hydrogen-bond donors (Lipinski definition) is 2. The molecule has 0 spiro atoms. The van der Waals surface area contributed by atoms with Crippen LogP contribution in [0.5, 0.6) is 0 Å². The number of rotatable bonds is 7. The highest BCUT2D eigenvalue weighted by molar-refractivity contribution is 5.77. The first-order chi connectivity index (χ1) is 7.19. The predicted molar refractivity (Wildman–Crippen MR) is 65.5 cm³/mol. The van der Waals surface area contributed by atoms with Gasteiger partial charge >= 0.3 is 0 Å². The molecule has 0 rings (SSSR count). The van der Waals surface area contributed by atoms with E-state index in [4.69, 9.17) is 11.6 Å². The van der Waals surface area contributed by atoms with Crippen molar-refractivity contribution in [2.24, 2.45) is 16.7 Å². The second-order valence-electron chi connectivity index (χ2n) is 3.45. The minimum atomic E-state index is 0.428. The first-order valence-corrected chi connectivity index (χ1v) is 5.70. The number of hydrogen-bond acceptors (Lipinski definition) is 3. The van der Waals surface area contributed by atoms with Crippen LogP contribution in [-0.2, 0) is 0 Å². The van der Waals surface area contributed by atoms with Gasteiger partial charge in [-0.05, 0) is 33.0 Å². The van der Waals surface area contributed by atoms with Crippen molar-refractivity contribution in [2.75, 3.05) is 32.7 Å². The summed E-state index contributed by atoms with van der Waals surface area (Å²) in [5.41, 5.74) is 5.65. The van der Waals surface area contributed by atoms with Gasteiger partial charge in [0.2, 0.25) is 5.96 Å². The summed E-state index contributed by atoms with van der Waals surface area (Å²) in [4.78, 5) is 4.38. The average molecular weight is 215 g/mol. The summed E-state index contributed by atoms with van der Waals surface area (Å²) in [6.07, 6.45) is 1.09. The minimum Gasteiger partial charge on any atom is -0.368 e. The van der Waals surface area contributed by atoms with Crippen molar-refractivity contribution in [3.63, 3.8) is 0 Å². The van der Waals surface area contributed by atoms with Gasteiger partial charge in [0.15, 0.2) is 0 Å². The Morgan fingerprint density at radius 2 is 1.67 bits per heavy atom. The smallest absolute Gasteiger partial charge is 0.213 e. The third-order valence-corrected chi connectivity index (χ3v) is 2.63. The zero-order valence-corrected chi connectivity index (χ0v) is 10.2. The zero-order chi connectivity index (χ0) is 11.7. The molecule has 5 nitrogen and oxygen atoms in total. The Morgan fingerprint density at radius 3 is 2.07 bits per heavy atom. The Kier molecular flexibility index (Phi) is 7.81. The summed E-state index contributed by atoms with van der Waals surface area (Å²) in [5, 5.41) is 3.50. The fraction of sp³-hybridized carbons (Fsp3) is 0.900. The Balaban J connectivity index is 3.81. The Hall–Kier alpha value is -0.970. The Morgan fingerprint density at radius 1 is 1.07 bits per heavy atom. The third-order valence-electron chi connectivity index (χ3n) is 2.63. The highest BCUT2D eigenvalue weighted by Crippen LogP contribution is 1.94. The maximum Gasteiger partial charge on any atom is 0.213 e. The van der Waals surface area contributed by atoms with Crippen LogP contribution in [0.1, 0.15) is 27.2 Å². The molecule has 0 bridgehead atoms. The zero-order valence-electron chi connectivity index (χ0n) is 10.2. The van der Waals surface area contributed by atoms with Crippen LogP contribution >= 0.6 is 0 Å². The van der Waals surface area contributed by atoms with Gasteiger partial charge in [-0.1, -0.05) is 13.8 Å². The first kappa shape index (κ1) is 14.0. The molecule has 0 unspecified atom stereocenters. The molecule has 5 heteroatoms. The molecule has 0 saturated heterocycles. The molecule has 0 heterocycles. The second kappa shape index (κ2) is 8.35. The topological polar surface area (TPSA) is 70.9 Å². The molecular formula is C10H25N5. The van der Waals surface area contributed by atoms with E-state index in [9.17, 15) is 0 Å². The summed E-state index contributed by atoms with van der Waals surface area (Å²) in [5.74, 6) is 5.57. The normalized spacial score (nSPS) is 12.1. The van der Waals surface area contributed by atoms with E-state index >= 15 is 0 Å². The molecule has 0 amide bonds. The molecular weight excluding hydrogens is 190 g/mol. The molecule has 0 radical (unpaired) electrons. The summed E-state index contributed by atoms with van der Waals surface area (Å²) < 4.78 is 0. The van der Waals surface area contributed by atoms with Gasteiger partial charge in [-0.3, -0.25) is 0 Å². The summed E-state index contributed by atoms with van der Waals surface area (Å²) in [7, 11) is 0. The van der Waals surface area contributed by atoms with Gasteiger partial charge in [0.1, 0.15) is 0 Å². The highest BCUT2D eigenvalue weighted by Gasteiger charge is 2.05. The number of hydrazone groups is 1.